The van der Waals surface area contributed by atoms with Crippen molar-refractivity contribution in [3.8, 4) is 0 Å². The second-order valence-electron chi connectivity index (χ2n) is 8.29. The fourth-order valence-corrected chi connectivity index (χ4v) is 5.69. The molecule has 0 aliphatic heterocycles. The van der Waals surface area contributed by atoms with Crippen molar-refractivity contribution in [2.45, 2.75) is 59.8 Å². The van der Waals surface area contributed by atoms with Crippen LogP contribution in [0, 0.1) is 17.8 Å². The van der Waals surface area contributed by atoms with Gasteiger partial charge in [0.05, 0.1) is 24.0 Å². The third-order valence-corrected chi connectivity index (χ3v) is 7.32. The van der Waals surface area contributed by atoms with E-state index in [9.17, 15) is 19.5 Å². The van der Waals surface area contributed by atoms with E-state index in [1.54, 1.807) is 6.92 Å². The summed E-state index contributed by atoms with van der Waals surface area (Å²) in [6.45, 7) is 8.08. The van der Waals surface area contributed by atoms with Crippen LogP contribution < -0.4 is 5.32 Å². The Morgan fingerprint density at radius 2 is 1.79 bits per heavy atom. The van der Waals surface area contributed by atoms with E-state index in [-0.39, 0.29) is 12.5 Å². The molecule has 2 aliphatic rings. The van der Waals surface area contributed by atoms with E-state index >= 15 is 0 Å². The Hall–Kier alpha value is -2.15. The fraction of sp³-hybridized carbons (Fsp3) is 0.591. The number of hydrogen-bond donors (Lipinski definition) is 2. The van der Waals surface area contributed by atoms with Crippen LogP contribution in [-0.2, 0) is 27.2 Å². The van der Waals surface area contributed by atoms with E-state index in [0.717, 1.165) is 40.8 Å². The lowest BCUT2D eigenvalue weighted by atomic mass is 9.76. The zero-order valence-corrected chi connectivity index (χ0v) is 18.3. The average Bonchev–Trinajstić information content (AvgIpc) is 3.00. The van der Waals surface area contributed by atoms with Gasteiger partial charge in [-0.1, -0.05) is 18.1 Å². The number of carboxylic acids is 1. The third-order valence-electron chi connectivity index (χ3n) is 6.15. The van der Waals surface area contributed by atoms with Crippen LogP contribution in [0.4, 0.5) is 5.00 Å². The molecule has 3 atom stereocenters. The Bertz CT molecular complexity index is 869. The molecule has 1 heterocycles. The molecule has 0 radical (unpaired) electrons. The Morgan fingerprint density at radius 1 is 1.14 bits per heavy atom. The van der Waals surface area contributed by atoms with Crippen LogP contribution in [0.15, 0.2) is 11.1 Å². The van der Waals surface area contributed by atoms with Gasteiger partial charge in [0.1, 0.15) is 5.00 Å². The molecule has 2 N–H and O–H groups in total. The molecule has 6 nitrogen and oxygen atoms in total. The molecule has 0 fully saturated rings. The SMILES string of the molecule is CCOC(=O)c1c(NC(=O)[C@H]2CC(C)=C(C)C[C@@H]2C(=O)O)sc2c1CC[C@@H](C)C2. The standard InChI is InChI=1S/C22H29NO5S/c1-5-28-22(27)18-14-7-6-11(2)8-17(14)29-20(18)23-19(24)15-9-12(3)13(4)10-16(15)21(25)26/h11,15-16H,5-10H2,1-4H3,(H,23,24)(H,25,26)/t11-,15+,16+/m1/s1. The van der Waals surface area contributed by atoms with Gasteiger partial charge in [-0.3, -0.25) is 9.59 Å². The summed E-state index contributed by atoms with van der Waals surface area (Å²) in [5.74, 6) is -2.57. The summed E-state index contributed by atoms with van der Waals surface area (Å²) in [6, 6.07) is 0. The number of hydrogen-bond acceptors (Lipinski definition) is 5. The van der Waals surface area contributed by atoms with Gasteiger partial charge in [-0.25, -0.2) is 4.79 Å². The van der Waals surface area contributed by atoms with Crippen molar-refractivity contribution in [1.29, 1.82) is 0 Å². The predicted octanol–water partition coefficient (Wildman–Crippen LogP) is 4.44. The maximum atomic E-state index is 13.1. The van der Waals surface area contributed by atoms with Crippen LogP contribution in [0.2, 0.25) is 0 Å². The smallest absolute Gasteiger partial charge is 0.341 e. The molecule has 158 valence electrons. The summed E-state index contributed by atoms with van der Waals surface area (Å²) in [6.07, 6.45) is 3.47. The number of aliphatic carboxylic acids is 1. The molecular formula is C22H29NO5S. The van der Waals surface area contributed by atoms with Gasteiger partial charge in [0, 0.05) is 4.88 Å². The first-order chi connectivity index (χ1) is 13.7. The zero-order valence-electron chi connectivity index (χ0n) is 17.5. The van der Waals surface area contributed by atoms with E-state index in [2.05, 4.69) is 12.2 Å². The first kappa shape index (κ1) is 21.6. The van der Waals surface area contributed by atoms with Crippen LogP contribution in [-0.4, -0.2) is 29.6 Å². The number of anilines is 1. The number of thiophene rings is 1. The predicted molar refractivity (Wildman–Crippen MR) is 112 cm³/mol. The Labute approximate surface area is 175 Å². The molecule has 7 heteroatoms. The van der Waals surface area contributed by atoms with Gasteiger partial charge in [-0.05, 0) is 64.4 Å². The van der Waals surface area contributed by atoms with Gasteiger partial charge in [-0.2, -0.15) is 0 Å². The number of fused-ring (bicyclic) bond motifs is 1. The van der Waals surface area contributed by atoms with E-state index in [0.29, 0.717) is 29.3 Å². The van der Waals surface area contributed by atoms with Crippen LogP contribution >= 0.6 is 11.3 Å². The minimum absolute atomic E-state index is 0.264. The van der Waals surface area contributed by atoms with Crippen LogP contribution in [0.25, 0.3) is 0 Å². The highest BCUT2D eigenvalue weighted by Gasteiger charge is 2.38. The Balaban J connectivity index is 1.91. The molecule has 1 amide bonds. The molecule has 1 aromatic heterocycles. The minimum Gasteiger partial charge on any atom is -0.481 e. The van der Waals surface area contributed by atoms with Crippen molar-refractivity contribution in [1.82, 2.24) is 0 Å². The van der Waals surface area contributed by atoms with Gasteiger partial charge >= 0.3 is 11.9 Å². The molecule has 0 spiro atoms. The highest BCUT2D eigenvalue weighted by Crippen LogP contribution is 2.41. The first-order valence-corrected chi connectivity index (χ1v) is 11.0. The zero-order chi connectivity index (χ0) is 21.3. The average molecular weight is 420 g/mol. The second-order valence-corrected chi connectivity index (χ2v) is 9.39. The molecule has 3 rings (SSSR count). The van der Waals surface area contributed by atoms with Crippen molar-refractivity contribution in [2.24, 2.45) is 17.8 Å². The van der Waals surface area contributed by atoms with Crippen molar-refractivity contribution < 1.29 is 24.2 Å². The molecular weight excluding hydrogens is 390 g/mol. The van der Waals surface area contributed by atoms with E-state index in [1.165, 1.54) is 11.3 Å². The van der Waals surface area contributed by atoms with E-state index in [1.807, 2.05) is 13.8 Å². The highest BCUT2D eigenvalue weighted by atomic mass is 32.1. The monoisotopic (exact) mass is 419 g/mol. The summed E-state index contributed by atoms with van der Waals surface area (Å²) in [7, 11) is 0. The summed E-state index contributed by atoms with van der Waals surface area (Å²) >= 11 is 1.43. The normalized spacial score (nSPS) is 24.1. The van der Waals surface area contributed by atoms with Crippen LogP contribution in [0.3, 0.4) is 0 Å². The Kier molecular flexibility index (Phi) is 6.46. The van der Waals surface area contributed by atoms with Crippen molar-refractivity contribution >= 4 is 34.2 Å². The van der Waals surface area contributed by atoms with Gasteiger partial charge in [-0.15, -0.1) is 11.3 Å². The maximum absolute atomic E-state index is 13.1. The van der Waals surface area contributed by atoms with Crippen LogP contribution in [0.1, 0.15) is 67.8 Å². The topological polar surface area (TPSA) is 92.7 Å². The maximum Gasteiger partial charge on any atom is 0.341 e. The van der Waals surface area contributed by atoms with Gasteiger partial charge < -0.3 is 15.2 Å². The van der Waals surface area contributed by atoms with Gasteiger partial charge in [0.15, 0.2) is 0 Å². The number of allylic oxidation sites excluding steroid dienone is 2. The number of carboxylic acid groups (broad SMARTS) is 1. The molecule has 0 bridgehead atoms. The van der Waals surface area contributed by atoms with E-state index in [4.69, 9.17) is 4.74 Å². The molecule has 0 saturated carbocycles. The molecule has 0 unspecified atom stereocenters. The molecule has 29 heavy (non-hydrogen) atoms. The number of carbonyl (C=O) groups is 3. The van der Waals surface area contributed by atoms with Crippen molar-refractivity contribution in [3.63, 3.8) is 0 Å². The molecule has 0 saturated heterocycles. The number of carbonyl (C=O) groups excluding carboxylic acids is 2. The second kappa shape index (κ2) is 8.69. The minimum atomic E-state index is -0.957. The number of nitrogens with one attached hydrogen (secondary N) is 1. The van der Waals surface area contributed by atoms with Crippen LogP contribution in [0.5, 0.6) is 0 Å². The lowest BCUT2D eigenvalue weighted by Crippen LogP contribution is -2.36. The summed E-state index contributed by atoms with van der Waals surface area (Å²) in [5.41, 5.74) is 3.53. The number of amides is 1. The van der Waals surface area contributed by atoms with Gasteiger partial charge in [0.2, 0.25) is 5.91 Å². The first-order valence-electron chi connectivity index (χ1n) is 10.2. The van der Waals surface area contributed by atoms with Crippen molar-refractivity contribution in [3.05, 3.63) is 27.2 Å². The molecule has 2 aliphatic carbocycles. The lowest BCUT2D eigenvalue weighted by Gasteiger charge is -2.29. The number of rotatable bonds is 5. The summed E-state index contributed by atoms with van der Waals surface area (Å²) in [4.78, 5) is 38.6. The molecule has 1 aromatic rings. The van der Waals surface area contributed by atoms with Gasteiger partial charge in [0.25, 0.3) is 0 Å². The lowest BCUT2D eigenvalue weighted by molar-refractivity contribution is -0.146. The number of esters is 1. The third kappa shape index (κ3) is 4.39. The summed E-state index contributed by atoms with van der Waals surface area (Å²) in [5, 5.41) is 13.0. The largest absolute Gasteiger partial charge is 0.481 e. The molecule has 0 aromatic carbocycles. The quantitative estimate of drug-likeness (QED) is 0.544. The van der Waals surface area contributed by atoms with E-state index < -0.39 is 23.8 Å². The highest BCUT2D eigenvalue weighted by molar-refractivity contribution is 7.17. The number of ether oxygens (including phenoxy) is 1. The fourth-order valence-electron chi connectivity index (χ4n) is 4.29. The van der Waals surface area contributed by atoms with Crippen molar-refractivity contribution in [2.75, 3.05) is 11.9 Å². The summed E-state index contributed by atoms with van der Waals surface area (Å²) < 4.78 is 5.25. The Morgan fingerprint density at radius 3 is 2.41 bits per heavy atom.